The molecule has 27 heavy (non-hydrogen) atoms. The molecule has 0 aliphatic heterocycles. The van der Waals surface area contributed by atoms with Gasteiger partial charge < -0.3 is 5.32 Å². The van der Waals surface area contributed by atoms with Crippen LogP contribution >= 0.6 is 23.2 Å². The van der Waals surface area contributed by atoms with Gasteiger partial charge in [0.15, 0.2) is 0 Å². The molecule has 0 heterocycles. The number of benzene rings is 2. The molecular formula is C23H25Cl2NO. The maximum atomic E-state index is 11.7. The fraction of sp³-hybridized carbons (Fsp3) is 0.348. The van der Waals surface area contributed by atoms with E-state index in [0.717, 1.165) is 36.7 Å². The summed E-state index contributed by atoms with van der Waals surface area (Å²) in [6.07, 6.45) is 3.70. The van der Waals surface area contributed by atoms with Gasteiger partial charge in [0.1, 0.15) is 6.29 Å². The summed E-state index contributed by atoms with van der Waals surface area (Å²) < 4.78 is 0. The molecule has 1 aliphatic carbocycles. The number of halogens is 2. The van der Waals surface area contributed by atoms with E-state index in [2.05, 4.69) is 36.5 Å². The summed E-state index contributed by atoms with van der Waals surface area (Å²) in [6.45, 7) is 2.85. The molecule has 142 valence electrons. The molecule has 2 aromatic rings. The quantitative estimate of drug-likeness (QED) is 0.607. The highest BCUT2D eigenvalue weighted by Gasteiger charge is 2.34. The fourth-order valence-corrected chi connectivity index (χ4v) is 4.71. The Labute approximate surface area is 171 Å². The van der Waals surface area contributed by atoms with Crippen molar-refractivity contribution < 1.29 is 4.79 Å². The highest BCUT2D eigenvalue weighted by molar-refractivity contribution is 6.35. The third-order valence-corrected chi connectivity index (χ3v) is 6.10. The number of carbonyl (C=O) groups excluding carboxylic acids is 1. The lowest BCUT2D eigenvalue weighted by Gasteiger charge is -2.36. The highest BCUT2D eigenvalue weighted by atomic mass is 35.5. The lowest BCUT2D eigenvalue weighted by molar-refractivity contribution is -0.105. The number of allylic oxidation sites excluding steroid dienone is 1. The van der Waals surface area contributed by atoms with Crippen molar-refractivity contribution in [3.63, 3.8) is 0 Å². The van der Waals surface area contributed by atoms with Crippen LogP contribution in [0.25, 0.3) is 0 Å². The van der Waals surface area contributed by atoms with E-state index in [1.54, 1.807) is 0 Å². The predicted molar refractivity (Wildman–Crippen MR) is 114 cm³/mol. The van der Waals surface area contributed by atoms with Crippen molar-refractivity contribution in [3.8, 4) is 0 Å². The van der Waals surface area contributed by atoms with Crippen LogP contribution in [0.5, 0.6) is 0 Å². The molecule has 2 nitrogen and oxygen atoms in total. The lowest BCUT2D eigenvalue weighted by Crippen LogP contribution is -2.26. The average molecular weight is 402 g/mol. The zero-order valence-electron chi connectivity index (χ0n) is 15.8. The van der Waals surface area contributed by atoms with Gasteiger partial charge in [-0.05, 0) is 72.2 Å². The van der Waals surface area contributed by atoms with E-state index in [4.69, 9.17) is 23.2 Å². The van der Waals surface area contributed by atoms with Gasteiger partial charge in [-0.25, -0.2) is 0 Å². The van der Waals surface area contributed by atoms with Crippen LogP contribution in [0.1, 0.15) is 48.3 Å². The summed E-state index contributed by atoms with van der Waals surface area (Å²) in [7, 11) is 1.92. The van der Waals surface area contributed by atoms with Crippen molar-refractivity contribution >= 4 is 29.5 Å². The summed E-state index contributed by atoms with van der Waals surface area (Å²) in [5.41, 5.74) is 5.72. The SMILES string of the molecule is CCc1ccc(C2C(CNC)=C(C=O)CCC2c2ccc(Cl)cc2Cl)cc1. The normalized spacial score (nSPS) is 20.0. The molecule has 0 saturated heterocycles. The molecular weight excluding hydrogens is 377 g/mol. The standard InChI is InChI=1S/C23H25Cl2NO/c1-3-15-4-6-16(7-5-15)23-20(19-11-9-18(24)12-22(19)25)10-8-17(14-27)21(23)13-26-2/h4-7,9,11-12,14,20,23,26H,3,8,10,13H2,1-2H3. The first-order valence-corrected chi connectivity index (χ1v) is 10.2. The van der Waals surface area contributed by atoms with Crippen LogP contribution in [-0.2, 0) is 11.2 Å². The molecule has 1 N–H and O–H groups in total. The minimum absolute atomic E-state index is 0.121. The van der Waals surface area contributed by atoms with Crippen LogP contribution < -0.4 is 5.32 Å². The van der Waals surface area contributed by atoms with E-state index in [1.807, 2.05) is 25.2 Å². The molecule has 0 spiro atoms. The Bertz CT molecular complexity index is 842. The number of aldehydes is 1. The Hall–Kier alpha value is -1.61. The molecule has 0 radical (unpaired) electrons. The molecule has 0 amide bonds. The summed E-state index contributed by atoms with van der Waals surface area (Å²) in [5.74, 6) is 0.338. The molecule has 1 aliphatic rings. The van der Waals surface area contributed by atoms with E-state index >= 15 is 0 Å². The van der Waals surface area contributed by atoms with Crippen molar-refractivity contribution in [1.29, 1.82) is 0 Å². The van der Waals surface area contributed by atoms with E-state index < -0.39 is 0 Å². The van der Waals surface area contributed by atoms with Crippen LogP contribution in [-0.4, -0.2) is 19.9 Å². The van der Waals surface area contributed by atoms with Crippen molar-refractivity contribution in [1.82, 2.24) is 5.32 Å². The Morgan fingerprint density at radius 3 is 2.48 bits per heavy atom. The van der Waals surface area contributed by atoms with Crippen molar-refractivity contribution in [2.45, 2.75) is 38.0 Å². The molecule has 0 bridgehead atoms. The monoisotopic (exact) mass is 401 g/mol. The molecule has 0 fully saturated rings. The minimum Gasteiger partial charge on any atom is -0.316 e. The summed E-state index contributed by atoms with van der Waals surface area (Å²) in [4.78, 5) is 11.7. The van der Waals surface area contributed by atoms with E-state index in [9.17, 15) is 4.79 Å². The number of carbonyl (C=O) groups is 1. The molecule has 2 aromatic carbocycles. The third kappa shape index (κ3) is 4.29. The van der Waals surface area contributed by atoms with Crippen molar-refractivity contribution in [3.05, 3.63) is 80.3 Å². The molecule has 0 saturated carbocycles. The van der Waals surface area contributed by atoms with Crippen molar-refractivity contribution in [2.75, 3.05) is 13.6 Å². The van der Waals surface area contributed by atoms with Gasteiger partial charge in [0, 0.05) is 22.5 Å². The lowest BCUT2D eigenvalue weighted by atomic mass is 9.69. The second-order valence-corrected chi connectivity index (χ2v) is 7.93. The van der Waals surface area contributed by atoms with Crippen LogP contribution in [0, 0.1) is 0 Å². The van der Waals surface area contributed by atoms with Gasteiger partial charge >= 0.3 is 0 Å². The molecule has 4 heteroatoms. The van der Waals surface area contributed by atoms with E-state index in [0.29, 0.717) is 16.6 Å². The zero-order valence-corrected chi connectivity index (χ0v) is 17.3. The molecule has 2 atom stereocenters. The Morgan fingerprint density at radius 1 is 1.15 bits per heavy atom. The van der Waals surface area contributed by atoms with E-state index in [1.165, 1.54) is 16.7 Å². The van der Waals surface area contributed by atoms with Gasteiger partial charge in [-0.2, -0.15) is 0 Å². The third-order valence-electron chi connectivity index (χ3n) is 5.53. The summed E-state index contributed by atoms with van der Waals surface area (Å²) in [6, 6.07) is 14.5. The molecule has 2 unspecified atom stereocenters. The fourth-order valence-electron chi connectivity index (χ4n) is 4.16. The zero-order chi connectivity index (χ0) is 19.4. The second-order valence-electron chi connectivity index (χ2n) is 7.08. The number of hydrogen-bond acceptors (Lipinski definition) is 2. The number of rotatable bonds is 6. The average Bonchev–Trinajstić information content (AvgIpc) is 2.68. The van der Waals surface area contributed by atoms with Gasteiger partial charge in [0.2, 0.25) is 0 Å². The van der Waals surface area contributed by atoms with Crippen LogP contribution in [0.2, 0.25) is 10.0 Å². The number of aryl methyl sites for hydroxylation is 1. The van der Waals surface area contributed by atoms with E-state index in [-0.39, 0.29) is 11.8 Å². The first-order chi connectivity index (χ1) is 13.1. The predicted octanol–water partition coefficient (Wildman–Crippen LogP) is 5.93. The minimum atomic E-state index is 0.121. The first-order valence-electron chi connectivity index (χ1n) is 9.44. The number of hydrogen-bond donors (Lipinski definition) is 1. The van der Waals surface area contributed by atoms with Gasteiger partial charge in [0.25, 0.3) is 0 Å². The summed E-state index contributed by atoms with van der Waals surface area (Å²) in [5, 5.41) is 4.59. The molecule has 3 rings (SSSR count). The van der Waals surface area contributed by atoms with Gasteiger partial charge in [-0.15, -0.1) is 0 Å². The summed E-state index contributed by atoms with van der Waals surface area (Å²) >= 11 is 12.7. The Morgan fingerprint density at radius 2 is 1.89 bits per heavy atom. The van der Waals surface area contributed by atoms with Crippen LogP contribution in [0.4, 0.5) is 0 Å². The number of likely N-dealkylation sites (N-methyl/N-ethyl adjacent to an activating group) is 1. The second kappa shape index (κ2) is 9.05. The Balaban J connectivity index is 2.13. The maximum Gasteiger partial charge on any atom is 0.146 e. The first kappa shape index (κ1) is 20.1. The van der Waals surface area contributed by atoms with Crippen LogP contribution in [0.15, 0.2) is 53.6 Å². The highest BCUT2D eigenvalue weighted by Crippen LogP contribution is 2.48. The topological polar surface area (TPSA) is 29.1 Å². The van der Waals surface area contributed by atoms with Crippen LogP contribution in [0.3, 0.4) is 0 Å². The molecule has 0 aromatic heterocycles. The maximum absolute atomic E-state index is 11.7. The van der Waals surface area contributed by atoms with Gasteiger partial charge in [-0.1, -0.05) is 60.5 Å². The van der Waals surface area contributed by atoms with Crippen molar-refractivity contribution in [2.24, 2.45) is 0 Å². The number of nitrogens with one attached hydrogen (secondary N) is 1. The largest absolute Gasteiger partial charge is 0.316 e. The Kier molecular flexibility index (Phi) is 6.75. The smallest absolute Gasteiger partial charge is 0.146 e. The van der Waals surface area contributed by atoms with Gasteiger partial charge in [0.05, 0.1) is 0 Å². The van der Waals surface area contributed by atoms with Gasteiger partial charge in [-0.3, -0.25) is 4.79 Å².